The third kappa shape index (κ3) is 2.23. The van der Waals surface area contributed by atoms with E-state index in [-0.39, 0.29) is 23.1 Å². The molecule has 3 nitrogen and oxygen atoms in total. The Morgan fingerprint density at radius 3 is 2.63 bits per heavy atom. The maximum Gasteiger partial charge on any atom is 0.314 e. The summed E-state index contributed by atoms with van der Waals surface area (Å²) in [5.41, 5.74) is -0.319. The summed E-state index contributed by atoms with van der Waals surface area (Å²) in [6.45, 7) is 2.37. The SMILES string of the molecule is CCOC(=O)C12CC(CI)(C1)OC2CC1CCCC1. The van der Waals surface area contributed by atoms with Crippen LogP contribution in [0, 0.1) is 11.3 Å². The minimum absolute atomic E-state index is 0.00373. The van der Waals surface area contributed by atoms with Crippen LogP contribution >= 0.6 is 22.6 Å². The van der Waals surface area contributed by atoms with E-state index in [2.05, 4.69) is 22.6 Å². The Morgan fingerprint density at radius 2 is 2.05 bits per heavy atom. The highest BCUT2D eigenvalue weighted by Crippen LogP contribution is 2.64. The lowest BCUT2D eigenvalue weighted by Gasteiger charge is -2.42. The van der Waals surface area contributed by atoms with Crippen LogP contribution in [-0.2, 0) is 14.3 Å². The van der Waals surface area contributed by atoms with Crippen molar-refractivity contribution < 1.29 is 14.3 Å². The van der Waals surface area contributed by atoms with Crippen molar-refractivity contribution in [2.75, 3.05) is 11.0 Å². The number of ether oxygens (including phenoxy) is 2. The van der Waals surface area contributed by atoms with Crippen LogP contribution in [0.3, 0.4) is 0 Å². The van der Waals surface area contributed by atoms with Crippen molar-refractivity contribution in [3.8, 4) is 0 Å². The highest BCUT2D eigenvalue weighted by Gasteiger charge is 2.71. The molecule has 4 rings (SSSR count). The van der Waals surface area contributed by atoms with Gasteiger partial charge < -0.3 is 9.47 Å². The summed E-state index contributed by atoms with van der Waals surface area (Å²) in [6, 6.07) is 0. The normalized spacial score (nSPS) is 41.3. The topological polar surface area (TPSA) is 35.5 Å². The van der Waals surface area contributed by atoms with Gasteiger partial charge in [0.1, 0.15) is 0 Å². The van der Waals surface area contributed by atoms with E-state index in [4.69, 9.17) is 9.47 Å². The molecule has 2 heterocycles. The highest BCUT2D eigenvalue weighted by atomic mass is 127. The van der Waals surface area contributed by atoms with Gasteiger partial charge in [0.05, 0.1) is 23.7 Å². The lowest BCUT2D eigenvalue weighted by atomic mass is 9.59. The van der Waals surface area contributed by atoms with Gasteiger partial charge in [-0.3, -0.25) is 4.79 Å². The molecule has 0 spiro atoms. The van der Waals surface area contributed by atoms with Crippen LogP contribution in [0.4, 0.5) is 0 Å². The van der Waals surface area contributed by atoms with Gasteiger partial charge in [0.2, 0.25) is 0 Å². The van der Waals surface area contributed by atoms with Crippen LogP contribution in [0.15, 0.2) is 0 Å². The van der Waals surface area contributed by atoms with Gasteiger partial charge in [-0.2, -0.15) is 0 Å². The summed E-state index contributed by atoms with van der Waals surface area (Å²) in [5.74, 6) is 0.762. The summed E-state index contributed by atoms with van der Waals surface area (Å²) < 4.78 is 12.6. The third-order valence-electron chi connectivity index (χ3n) is 5.23. The fraction of sp³-hybridized carbons (Fsp3) is 0.933. The molecule has 0 aromatic carbocycles. The van der Waals surface area contributed by atoms with E-state index >= 15 is 0 Å². The zero-order valence-electron chi connectivity index (χ0n) is 11.6. The predicted molar refractivity (Wildman–Crippen MR) is 81.4 cm³/mol. The molecule has 1 unspecified atom stereocenters. The second-order valence-electron chi connectivity index (χ2n) is 6.54. The molecule has 0 aromatic rings. The maximum absolute atomic E-state index is 12.3. The Kier molecular flexibility index (Phi) is 3.84. The monoisotopic (exact) mass is 378 g/mol. The van der Waals surface area contributed by atoms with Gasteiger partial charge in [-0.05, 0) is 32.1 Å². The zero-order chi connectivity index (χ0) is 13.5. The maximum atomic E-state index is 12.3. The number of esters is 1. The van der Waals surface area contributed by atoms with Gasteiger partial charge in [-0.25, -0.2) is 0 Å². The van der Waals surface area contributed by atoms with Crippen molar-refractivity contribution in [2.45, 2.75) is 63.6 Å². The molecule has 2 aliphatic heterocycles. The standard InChI is InChI=1S/C15H23IO3/c1-2-18-13(17)15-8-14(9-15,10-16)19-12(15)7-11-5-3-4-6-11/h11-12H,2-10H2,1H3. The van der Waals surface area contributed by atoms with Crippen LogP contribution in [0.1, 0.15) is 51.9 Å². The number of alkyl halides is 1. The Bertz CT molecular complexity index is 356. The fourth-order valence-electron chi connectivity index (χ4n) is 4.32. The first-order chi connectivity index (χ1) is 9.14. The van der Waals surface area contributed by atoms with Gasteiger partial charge in [-0.1, -0.05) is 48.3 Å². The van der Waals surface area contributed by atoms with Gasteiger partial charge in [0.25, 0.3) is 0 Å². The average Bonchev–Trinajstić information content (AvgIpc) is 3.02. The minimum atomic E-state index is -0.302. The molecule has 108 valence electrons. The Labute approximate surface area is 128 Å². The molecule has 2 aliphatic carbocycles. The molecule has 0 aromatic heterocycles. The summed E-state index contributed by atoms with van der Waals surface area (Å²) in [5, 5.41) is 0. The second kappa shape index (κ2) is 5.17. The summed E-state index contributed by atoms with van der Waals surface area (Å²) in [7, 11) is 0. The zero-order valence-corrected chi connectivity index (χ0v) is 13.8. The fourth-order valence-corrected chi connectivity index (χ4v) is 5.04. The van der Waals surface area contributed by atoms with Crippen LogP contribution in [0.5, 0.6) is 0 Å². The van der Waals surface area contributed by atoms with Crippen molar-refractivity contribution in [1.29, 1.82) is 0 Å². The number of halogens is 1. The average molecular weight is 378 g/mol. The van der Waals surface area contributed by atoms with Gasteiger partial charge in [0, 0.05) is 4.43 Å². The van der Waals surface area contributed by atoms with Gasteiger partial charge >= 0.3 is 5.97 Å². The van der Waals surface area contributed by atoms with Crippen molar-refractivity contribution in [3.05, 3.63) is 0 Å². The number of rotatable bonds is 5. The largest absolute Gasteiger partial charge is 0.465 e. The summed E-state index contributed by atoms with van der Waals surface area (Å²) in [4.78, 5) is 12.3. The van der Waals surface area contributed by atoms with E-state index in [1.165, 1.54) is 25.7 Å². The van der Waals surface area contributed by atoms with Crippen LogP contribution in [0.25, 0.3) is 0 Å². The number of fused-ring (bicyclic) bond motifs is 1. The molecular weight excluding hydrogens is 355 g/mol. The summed E-state index contributed by atoms with van der Waals surface area (Å²) >= 11 is 2.39. The van der Waals surface area contributed by atoms with Crippen LogP contribution in [0.2, 0.25) is 0 Å². The smallest absolute Gasteiger partial charge is 0.314 e. The molecule has 0 N–H and O–H groups in total. The van der Waals surface area contributed by atoms with Crippen LogP contribution < -0.4 is 0 Å². The lowest BCUT2D eigenvalue weighted by Crippen LogP contribution is -2.52. The Balaban J connectivity index is 1.72. The molecule has 4 fully saturated rings. The molecule has 2 saturated carbocycles. The molecule has 4 aliphatic rings. The highest BCUT2D eigenvalue weighted by molar-refractivity contribution is 14.1. The third-order valence-corrected chi connectivity index (χ3v) is 6.62. The van der Waals surface area contributed by atoms with E-state index in [9.17, 15) is 4.79 Å². The van der Waals surface area contributed by atoms with Crippen molar-refractivity contribution in [3.63, 3.8) is 0 Å². The molecule has 0 amide bonds. The second-order valence-corrected chi connectivity index (χ2v) is 7.30. The molecular formula is C15H23IO3. The molecule has 19 heavy (non-hydrogen) atoms. The quantitative estimate of drug-likeness (QED) is 0.418. The van der Waals surface area contributed by atoms with Gasteiger partial charge in [0.15, 0.2) is 0 Å². The van der Waals surface area contributed by atoms with E-state index in [0.717, 1.165) is 29.6 Å². The first-order valence-corrected chi connectivity index (χ1v) is 9.08. The van der Waals surface area contributed by atoms with Crippen molar-refractivity contribution in [2.24, 2.45) is 11.3 Å². The van der Waals surface area contributed by atoms with E-state index in [0.29, 0.717) is 6.61 Å². The first-order valence-electron chi connectivity index (χ1n) is 7.55. The van der Waals surface area contributed by atoms with E-state index in [1.807, 2.05) is 6.92 Å². The van der Waals surface area contributed by atoms with Crippen molar-refractivity contribution in [1.82, 2.24) is 0 Å². The molecule has 2 bridgehead atoms. The number of carbonyl (C=O) groups is 1. The van der Waals surface area contributed by atoms with E-state index < -0.39 is 0 Å². The van der Waals surface area contributed by atoms with Crippen LogP contribution in [-0.4, -0.2) is 28.7 Å². The Morgan fingerprint density at radius 1 is 1.37 bits per heavy atom. The lowest BCUT2D eigenvalue weighted by molar-refractivity contribution is -0.161. The predicted octanol–water partition coefficient (Wildman–Crippen LogP) is 3.48. The minimum Gasteiger partial charge on any atom is -0.465 e. The number of carbonyl (C=O) groups excluding carboxylic acids is 1. The van der Waals surface area contributed by atoms with Gasteiger partial charge in [-0.15, -0.1) is 0 Å². The Hall–Kier alpha value is 0.160. The molecule has 0 radical (unpaired) electrons. The van der Waals surface area contributed by atoms with E-state index in [1.54, 1.807) is 0 Å². The van der Waals surface area contributed by atoms with Crippen molar-refractivity contribution >= 4 is 28.6 Å². The summed E-state index contributed by atoms with van der Waals surface area (Å²) in [6.07, 6.45) is 8.29. The number of hydrogen-bond acceptors (Lipinski definition) is 3. The number of hydrogen-bond donors (Lipinski definition) is 0. The molecule has 4 heteroatoms. The first kappa shape index (κ1) is 14.1. The molecule has 1 atom stereocenters. The molecule has 2 saturated heterocycles.